The van der Waals surface area contributed by atoms with Crippen LogP contribution < -0.4 is 5.32 Å². The summed E-state index contributed by atoms with van der Waals surface area (Å²) in [6, 6.07) is 1.65. The van der Waals surface area contributed by atoms with Crippen molar-refractivity contribution >= 4 is 23.4 Å². The minimum atomic E-state index is -0.529. The average molecular weight is 326 g/mol. The Bertz CT molecular complexity index is 550. The SMILES string of the molecule is COC(=O)c1csc(C2CNCCN2C(=O)OC(C)(C)C)c1. The van der Waals surface area contributed by atoms with Crippen LogP contribution in [-0.2, 0) is 9.47 Å². The molecule has 1 atom stereocenters. The zero-order valence-electron chi connectivity index (χ0n) is 13.3. The summed E-state index contributed by atoms with van der Waals surface area (Å²) in [5.74, 6) is -0.366. The second-order valence-corrected chi connectivity index (χ2v) is 7.07. The number of carbonyl (C=O) groups is 2. The first-order valence-corrected chi connectivity index (χ1v) is 8.07. The third-order valence-corrected chi connectivity index (χ3v) is 4.27. The van der Waals surface area contributed by atoms with Gasteiger partial charge in [-0.15, -0.1) is 11.3 Å². The lowest BCUT2D eigenvalue weighted by molar-refractivity contribution is 0.0122. The number of carbonyl (C=O) groups excluding carboxylic acids is 2. The lowest BCUT2D eigenvalue weighted by Crippen LogP contribution is -2.49. The number of esters is 1. The Morgan fingerprint density at radius 2 is 2.14 bits per heavy atom. The fourth-order valence-corrected chi connectivity index (χ4v) is 3.24. The number of hydrogen-bond acceptors (Lipinski definition) is 6. The molecule has 0 saturated carbocycles. The minimum absolute atomic E-state index is 0.132. The van der Waals surface area contributed by atoms with Gasteiger partial charge in [-0.1, -0.05) is 0 Å². The molecular formula is C15H22N2O4S. The molecule has 0 radical (unpaired) electrons. The Morgan fingerprint density at radius 1 is 1.41 bits per heavy atom. The van der Waals surface area contributed by atoms with Gasteiger partial charge in [0.2, 0.25) is 0 Å². The van der Waals surface area contributed by atoms with Gasteiger partial charge in [-0.2, -0.15) is 0 Å². The van der Waals surface area contributed by atoms with Crippen LogP contribution in [0.5, 0.6) is 0 Å². The fourth-order valence-electron chi connectivity index (χ4n) is 2.25. The monoisotopic (exact) mass is 326 g/mol. The zero-order chi connectivity index (χ0) is 16.3. The van der Waals surface area contributed by atoms with E-state index in [0.29, 0.717) is 18.7 Å². The molecule has 0 aliphatic carbocycles. The Kier molecular flexibility index (Phi) is 5.08. The number of methoxy groups -OCH3 is 1. The maximum atomic E-state index is 12.4. The van der Waals surface area contributed by atoms with Crippen LogP contribution in [0.4, 0.5) is 4.79 Å². The summed E-state index contributed by atoms with van der Waals surface area (Å²) in [4.78, 5) is 26.6. The molecule has 122 valence electrons. The van der Waals surface area contributed by atoms with E-state index in [2.05, 4.69) is 5.32 Å². The minimum Gasteiger partial charge on any atom is -0.465 e. The first-order valence-electron chi connectivity index (χ1n) is 7.19. The molecule has 1 N–H and O–H groups in total. The first kappa shape index (κ1) is 16.8. The van der Waals surface area contributed by atoms with Gasteiger partial charge in [-0.05, 0) is 26.8 Å². The van der Waals surface area contributed by atoms with E-state index < -0.39 is 5.60 Å². The van der Waals surface area contributed by atoms with Crippen molar-refractivity contribution in [3.8, 4) is 0 Å². The molecule has 2 heterocycles. The van der Waals surface area contributed by atoms with Crippen LogP contribution >= 0.6 is 11.3 Å². The molecule has 0 aromatic carbocycles. The Morgan fingerprint density at radius 3 is 2.77 bits per heavy atom. The molecule has 1 aliphatic heterocycles. The Hall–Kier alpha value is -1.60. The van der Waals surface area contributed by atoms with Gasteiger partial charge in [0.1, 0.15) is 5.60 Å². The van der Waals surface area contributed by atoms with Crippen molar-refractivity contribution in [3.05, 3.63) is 21.9 Å². The average Bonchev–Trinajstić information content (AvgIpc) is 2.94. The van der Waals surface area contributed by atoms with E-state index in [1.54, 1.807) is 16.3 Å². The molecular weight excluding hydrogens is 304 g/mol. The number of hydrogen-bond donors (Lipinski definition) is 1. The summed E-state index contributed by atoms with van der Waals surface area (Å²) in [7, 11) is 1.36. The standard InChI is InChI=1S/C15H22N2O4S/c1-15(2,3)21-14(19)17-6-5-16-8-11(17)12-7-10(9-22-12)13(18)20-4/h7,9,11,16H,5-6,8H2,1-4H3. The molecule has 0 bridgehead atoms. The van der Waals surface area contributed by atoms with Crippen LogP contribution in [-0.4, -0.2) is 49.3 Å². The summed E-state index contributed by atoms with van der Waals surface area (Å²) in [6.07, 6.45) is -0.327. The summed E-state index contributed by atoms with van der Waals surface area (Å²) >= 11 is 1.45. The highest BCUT2D eigenvalue weighted by molar-refractivity contribution is 7.10. The molecule has 2 rings (SSSR count). The molecule has 1 amide bonds. The predicted molar refractivity (Wildman–Crippen MR) is 84.2 cm³/mol. The third kappa shape index (κ3) is 3.98. The second kappa shape index (κ2) is 6.66. The highest BCUT2D eigenvalue weighted by atomic mass is 32.1. The van der Waals surface area contributed by atoms with Gasteiger partial charge in [0.15, 0.2) is 0 Å². The molecule has 1 fully saturated rings. The maximum absolute atomic E-state index is 12.4. The van der Waals surface area contributed by atoms with Crippen molar-refractivity contribution in [2.24, 2.45) is 0 Å². The summed E-state index contributed by atoms with van der Waals surface area (Å²) in [5.41, 5.74) is -0.0173. The van der Waals surface area contributed by atoms with Crippen molar-refractivity contribution in [2.75, 3.05) is 26.7 Å². The van der Waals surface area contributed by atoms with Crippen LogP contribution in [0, 0.1) is 0 Å². The van der Waals surface area contributed by atoms with Gasteiger partial charge in [0, 0.05) is 29.9 Å². The molecule has 1 unspecified atom stereocenters. The fraction of sp³-hybridized carbons (Fsp3) is 0.600. The van der Waals surface area contributed by atoms with Crippen molar-refractivity contribution in [2.45, 2.75) is 32.4 Å². The van der Waals surface area contributed by atoms with E-state index in [-0.39, 0.29) is 18.1 Å². The van der Waals surface area contributed by atoms with E-state index >= 15 is 0 Å². The van der Waals surface area contributed by atoms with E-state index in [0.717, 1.165) is 11.4 Å². The quantitative estimate of drug-likeness (QED) is 0.845. The summed E-state index contributed by atoms with van der Waals surface area (Å²) < 4.78 is 10.2. The first-order chi connectivity index (χ1) is 10.3. The number of ether oxygens (including phenoxy) is 2. The smallest absolute Gasteiger partial charge is 0.410 e. The van der Waals surface area contributed by atoms with E-state index in [1.807, 2.05) is 20.8 Å². The van der Waals surface area contributed by atoms with Crippen LogP contribution in [0.25, 0.3) is 0 Å². The highest BCUT2D eigenvalue weighted by Gasteiger charge is 2.32. The third-order valence-electron chi connectivity index (χ3n) is 3.24. The molecule has 0 spiro atoms. The Balaban J connectivity index is 2.17. The number of amides is 1. The van der Waals surface area contributed by atoms with Crippen LogP contribution in [0.2, 0.25) is 0 Å². The number of nitrogens with one attached hydrogen (secondary N) is 1. The van der Waals surface area contributed by atoms with Crippen LogP contribution in [0.15, 0.2) is 11.4 Å². The molecule has 1 aromatic rings. The van der Waals surface area contributed by atoms with Crippen molar-refractivity contribution in [1.82, 2.24) is 10.2 Å². The number of nitrogens with zero attached hydrogens (tertiary/aromatic N) is 1. The zero-order valence-corrected chi connectivity index (χ0v) is 14.2. The lowest BCUT2D eigenvalue weighted by Gasteiger charge is -2.36. The van der Waals surface area contributed by atoms with Crippen molar-refractivity contribution in [1.29, 1.82) is 0 Å². The summed E-state index contributed by atoms with van der Waals surface area (Å²) in [5, 5.41) is 5.03. The van der Waals surface area contributed by atoms with Crippen molar-refractivity contribution < 1.29 is 19.1 Å². The molecule has 1 aromatic heterocycles. The number of thiophene rings is 1. The Labute approximate surface area is 134 Å². The van der Waals surface area contributed by atoms with Gasteiger partial charge < -0.3 is 14.8 Å². The van der Waals surface area contributed by atoms with Crippen molar-refractivity contribution in [3.63, 3.8) is 0 Å². The largest absolute Gasteiger partial charge is 0.465 e. The van der Waals surface area contributed by atoms with Crippen LogP contribution in [0.1, 0.15) is 42.0 Å². The molecule has 1 saturated heterocycles. The molecule has 7 heteroatoms. The second-order valence-electron chi connectivity index (χ2n) is 6.12. The summed E-state index contributed by atoms with van der Waals surface area (Å²) in [6.45, 7) is 7.49. The van der Waals surface area contributed by atoms with E-state index in [1.165, 1.54) is 18.4 Å². The number of rotatable bonds is 2. The van der Waals surface area contributed by atoms with Gasteiger partial charge in [-0.25, -0.2) is 9.59 Å². The normalized spacial score (nSPS) is 18.9. The van der Waals surface area contributed by atoms with Crippen LogP contribution in [0.3, 0.4) is 0 Å². The highest BCUT2D eigenvalue weighted by Crippen LogP contribution is 2.29. The predicted octanol–water partition coefficient (Wildman–Crippen LogP) is 2.42. The van der Waals surface area contributed by atoms with Gasteiger partial charge in [-0.3, -0.25) is 4.90 Å². The van der Waals surface area contributed by atoms with Gasteiger partial charge >= 0.3 is 12.1 Å². The molecule has 22 heavy (non-hydrogen) atoms. The van der Waals surface area contributed by atoms with E-state index in [4.69, 9.17) is 9.47 Å². The van der Waals surface area contributed by atoms with E-state index in [9.17, 15) is 9.59 Å². The van der Waals surface area contributed by atoms with Gasteiger partial charge in [0.05, 0.1) is 18.7 Å². The number of piperazine rings is 1. The lowest BCUT2D eigenvalue weighted by atomic mass is 10.1. The molecule has 6 nitrogen and oxygen atoms in total. The topological polar surface area (TPSA) is 67.9 Å². The maximum Gasteiger partial charge on any atom is 0.410 e. The molecule has 1 aliphatic rings. The van der Waals surface area contributed by atoms with Gasteiger partial charge in [0.25, 0.3) is 0 Å².